The van der Waals surface area contributed by atoms with Crippen molar-refractivity contribution in [1.82, 2.24) is 0 Å². The SMILES string of the molecule is CO[C@H](/C=C(\C)C[C@@H](O)CO)[C@@H](C)[C@H](O)[C@H](C)[C@@H](O)CC1=CC(=O)OC(C)(C)O1. The van der Waals surface area contributed by atoms with Crippen molar-refractivity contribution >= 4 is 5.97 Å². The molecule has 1 rings (SSSR count). The van der Waals surface area contributed by atoms with Crippen LogP contribution in [0.15, 0.2) is 23.5 Å². The summed E-state index contributed by atoms with van der Waals surface area (Å²) in [5.74, 6) is -2.20. The Bertz CT molecular complexity index is 597. The normalized spacial score (nSPS) is 23.2. The molecule has 0 bridgehead atoms. The van der Waals surface area contributed by atoms with Crippen LogP contribution < -0.4 is 0 Å². The van der Waals surface area contributed by atoms with Crippen LogP contribution in [-0.4, -0.2) is 70.3 Å². The first-order valence-corrected chi connectivity index (χ1v) is 9.87. The van der Waals surface area contributed by atoms with Gasteiger partial charge in [-0.15, -0.1) is 0 Å². The lowest BCUT2D eigenvalue weighted by Crippen LogP contribution is -2.40. The van der Waals surface area contributed by atoms with E-state index in [1.165, 1.54) is 13.2 Å². The second-order valence-electron chi connectivity index (χ2n) is 8.27. The van der Waals surface area contributed by atoms with Gasteiger partial charge in [0.05, 0.1) is 37.1 Å². The van der Waals surface area contributed by atoms with Crippen molar-refractivity contribution in [2.45, 2.75) is 77.7 Å². The number of hydrogen-bond donors (Lipinski definition) is 4. The van der Waals surface area contributed by atoms with Crippen LogP contribution in [0.3, 0.4) is 0 Å². The smallest absolute Gasteiger partial charge is 0.337 e. The van der Waals surface area contributed by atoms with E-state index < -0.39 is 42.1 Å². The van der Waals surface area contributed by atoms with E-state index >= 15 is 0 Å². The summed E-state index contributed by atoms with van der Waals surface area (Å²) in [5.41, 5.74) is 0.826. The highest BCUT2D eigenvalue weighted by Gasteiger charge is 2.35. The standard InChI is InChI=1S/C21H36O8/c1-12(7-15(23)11-22)8-18(27-6)14(3)20(26)13(2)17(24)9-16-10-19(25)29-21(4,5)28-16/h8,10,13-15,17-18,20,22-24,26H,7,9,11H2,1-6H3/b12-8+/t13-,14-,15-,17+,18-,20-/m1/s1. The molecule has 0 saturated carbocycles. The van der Waals surface area contributed by atoms with Gasteiger partial charge in [-0.25, -0.2) is 4.79 Å². The summed E-state index contributed by atoms with van der Waals surface area (Å²) in [5, 5.41) is 39.9. The first kappa shape index (κ1) is 25.6. The van der Waals surface area contributed by atoms with E-state index in [9.17, 15) is 20.1 Å². The average molecular weight is 417 g/mol. The molecule has 0 aromatic carbocycles. The summed E-state index contributed by atoms with van der Waals surface area (Å²) in [6.07, 6.45) is 0.247. The summed E-state index contributed by atoms with van der Waals surface area (Å²) in [6, 6.07) is 0. The Morgan fingerprint density at radius 2 is 1.83 bits per heavy atom. The van der Waals surface area contributed by atoms with Crippen LogP contribution in [0.1, 0.15) is 47.5 Å². The summed E-state index contributed by atoms with van der Waals surface area (Å²) >= 11 is 0. The van der Waals surface area contributed by atoms with Gasteiger partial charge in [0.15, 0.2) is 0 Å². The minimum Gasteiger partial charge on any atom is -0.457 e. The van der Waals surface area contributed by atoms with Crippen molar-refractivity contribution < 1.29 is 39.4 Å². The largest absolute Gasteiger partial charge is 0.457 e. The first-order chi connectivity index (χ1) is 13.4. The lowest BCUT2D eigenvalue weighted by atomic mass is 9.84. The third-order valence-electron chi connectivity index (χ3n) is 5.10. The van der Waals surface area contributed by atoms with E-state index in [1.54, 1.807) is 26.8 Å². The van der Waals surface area contributed by atoms with E-state index in [0.717, 1.165) is 5.57 Å². The molecule has 29 heavy (non-hydrogen) atoms. The maximum Gasteiger partial charge on any atom is 0.337 e. The van der Waals surface area contributed by atoms with Crippen LogP contribution in [0.2, 0.25) is 0 Å². The van der Waals surface area contributed by atoms with Crippen LogP contribution in [0.4, 0.5) is 0 Å². The molecule has 0 aromatic heterocycles. The van der Waals surface area contributed by atoms with Crippen molar-refractivity contribution in [1.29, 1.82) is 0 Å². The minimum atomic E-state index is -1.10. The molecule has 0 spiro atoms. The van der Waals surface area contributed by atoms with E-state index in [4.69, 9.17) is 19.3 Å². The molecule has 8 nitrogen and oxygen atoms in total. The second-order valence-corrected chi connectivity index (χ2v) is 8.27. The number of aliphatic hydroxyl groups is 4. The van der Waals surface area contributed by atoms with Crippen molar-refractivity contribution in [3.05, 3.63) is 23.5 Å². The lowest BCUT2D eigenvalue weighted by molar-refractivity contribution is -0.207. The number of hydrogen-bond acceptors (Lipinski definition) is 8. The fourth-order valence-corrected chi connectivity index (χ4v) is 3.38. The Morgan fingerprint density at radius 3 is 2.34 bits per heavy atom. The molecule has 1 aliphatic rings. The van der Waals surface area contributed by atoms with Crippen LogP contribution in [-0.2, 0) is 19.0 Å². The molecule has 0 saturated heterocycles. The Labute approximate surface area is 172 Å². The third kappa shape index (κ3) is 8.06. The Balaban J connectivity index is 2.77. The highest BCUT2D eigenvalue weighted by Crippen LogP contribution is 2.29. The number of aliphatic hydroxyl groups excluding tert-OH is 4. The zero-order valence-corrected chi connectivity index (χ0v) is 18.2. The summed E-state index contributed by atoms with van der Waals surface area (Å²) in [6.45, 7) is 8.23. The third-order valence-corrected chi connectivity index (χ3v) is 5.10. The predicted octanol–water partition coefficient (Wildman–Crippen LogP) is 1.27. The van der Waals surface area contributed by atoms with Crippen molar-refractivity contribution in [2.24, 2.45) is 11.8 Å². The molecular formula is C21H36O8. The van der Waals surface area contributed by atoms with Gasteiger partial charge in [-0.05, 0) is 13.3 Å². The van der Waals surface area contributed by atoms with E-state index in [1.807, 2.05) is 13.8 Å². The first-order valence-electron chi connectivity index (χ1n) is 9.87. The molecule has 6 atom stereocenters. The fraction of sp³-hybridized carbons (Fsp3) is 0.762. The number of esters is 1. The van der Waals surface area contributed by atoms with E-state index in [-0.39, 0.29) is 18.9 Å². The highest BCUT2D eigenvalue weighted by atomic mass is 16.7. The number of methoxy groups -OCH3 is 1. The Morgan fingerprint density at radius 1 is 1.21 bits per heavy atom. The van der Waals surface area contributed by atoms with Gasteiger partial charge in [0, 0.05) is 39.2 Å². The van der Waals surface area contributed by atoms with Gasteiger partial charge in [-0.1, -0.05) is 25.5 Å². The molecule has 0 radical (unpaired) electrons. The fourth-order valence-electron chi connectivity index (χ4n) is 3.38. The van der Waals surface area contributed by atoms with Gasteiger partial charge in [-0.3, -0.25) is 0 Å². The molecule has 0 aliphatic carbocycles. The van der Waals surface area contributed by atoms with Crippen LogP contribution in [0, 0.1) is 11.8 Å². The second kappa shape index (κ2) is 11.1. The molecule has 1 aliphatic heterocycles. The van der Waals surface area contributed by atoms with Gasteiger partial charge in [0.2, 0.25) is 5.79 Å². The van der Waals surface area contributed by atoms with Gasteiger partial charge < -0.3 is 34.6 Å². The maximum atomic E-state index is 11.6. The summed E-state index contributed by atoms with van der Waals surface area (Å²) in [7, 11) is 1.52. The monoisotopic (exact) mass is 416 g/mol. The molecule has 0 unspecified atom stereocenters. The van der Waals surface area contributed by atoms with Crippen molar-refractivity contribution in [3.8, 4) is 0 Å². The number of ether oxygens (including phenoxy) is 3. The van der Waals surface area contributed by atoms with Crippen LogP contribution in [0.25, 0.3) is 0 Å². The number of carbonyl (C=O) groups is 1. The quantitative estimate of drug-likeness (QED) is 0.293. The van der Waals surface area contributed by atoms with Gasteiger partial charge >= 0.3 is 5.97 Å². The summed E-state index contributed by atoms with van der Waals surface area (Å²) in [4.78, 5) is 11.6. The van der Waals surface area contributed by atoms with E-state index in [0.29, 0.717) is 12.2 Å². The van der Waals surface area contributed by atoms with Gasteiger partial charge in [0.1, 0.15) is 5.76 Å². The molecule has 0 amide bonds. The maximum absolute atomic E-state index is 11.6. The lowest BCUT2D eigenvalue weighted by Gasteiger charge is -2.34. The Kier molecular flexibility index (Phi) is 9.78. The zero-order chi connectivity index (χ0) is 22.4. The molecule has 1 heterocycles. The minimum absolute atomic E-state index is 0.0681. The van der Waals surface area contributed by atoms with Gasteiger partial charge in [-0.2, -0.15) is 0 Å². The van der Waals surface area contributed by atoms with Crippen LogP contribution >= 0.6 is 0 Å². The zero-order valence-electron chi connectivity index (χ0n) is 18.2. The number of cyclic esters (lactones) is 1. The molecule has 8 heteroatoms. The number of rotatable bonds is 11. The Hall–Kier alpha value is -1.45. The van der Waals surface area contributed by atoms with Gasteiger partial charge in [0.25, 0.3) is 0 Å². The molecule has 4 N–H and O–H groups in total. The van der Waals surface area contributed by atoms with Crippen LogP contribution in [0.5, 0.6) is 0 Å². The van der Waals surface area contributed by atoms with E-state index in [2.05, 4.69) is 0 Å². The highest BCUT2D eigenvalue weighted by molar-refractivity contribution is 5.83. The van der Waals surface area contributed by atoms with Crippen molar-refractivity contribution in [3.63, 3.8) is 0 Å². The average Bonchev–Trinajstić information content (AvgIpc) is 2.62. The molecule has 0 aromatic rings. The molecule has 168 valence electrons. The molecule has 0 fully saturated rings. The topological polar surface area (TPSA) is 126 Å². The summed E-state index contributed by atoms with van der Waals surface area (Å²) < 4.78 is 16.1. The van der Waals surface area contributed by atoms with Crippen molar-refractivity contribution in [2.75, 3.05) is 13.7 Å². The molecular weight excluding hydrogens is 380 g/mol. The number of carbonyl (C=O) groups excluding carboxylic acids is 1. The predicted molar refractivity (Wildman–Crippen MR) is 107 cm³/mol.